The largest absolute Gasteiger partial charge is 0.489 e. The number of nitrogens with one attached hydrogen (secondary N) is 1. The fourth-order valence-electron chi connectivity index (χ4n) is 2.64. The first-order chi connectivity index (χ1) is 13.2. The minimum absolute atomic E-state index is 0.142. The van der Waals surface area contributed by atoms with Crippen molar-refractivity contribution in [2.75, 3.05) is 5.32 Å². The minimum atomic E-state index is -0.277. The van der Waals surface area contributed by atoms with Crippen LogP contribution < -0.4 is 10.1 Å². The number of fused-ring (bicyclic) bond motifs is 1. The average Bonchev–Trinajstić information content (AvgIpc) is 3.23. The minimum Gasteiger partial charge on any atom is -0.489 e. The maximum atomic E-state index is 12.9. The van der Waals surface area contributed by atoms with E-state index in [-0.39, 0.29) is 18.1 Å². The first kappa shape index (κ1) is 17.2. The van der Waals surface area contributed by atoms with E-state index in [9.17, 15) is 9.18 Å². The molecule has 4 aromatic rings. The molecule has 2 heterocycles. The number of halogens is 1. The van der Waals surface area contributed by atoms with Crippen LogP contribution in [0.2, 0.25) is 0 Å². The molecule has 0 aliphatic heterocycles. The lowest BCUT2D eigenvalue weighted by atomic mass is 10.2. The van der Waals surface area contributed by atoms with Gasteiger partial charge in [0.05, 0.1) is 12.1 Å². The zero-order chi connectivity index (χ0) is 18.6. The summed E-state index contributed by atoms with van der Waals surface area (Å²) in [5, 5.41) is 4.81. The summed E-state index contributed by atoms with van der Waals surface area (Å²) in [7, 11) is 0. The molecule has 0 bridgehead atoms. The van der Waals surface area contributed by atoms with Crippen molar-refractivity contribution in [1.82, 2.24) is 9.38 Å². The molecule has 2 aromatic heterocycles. The molecular weight excluding hydrogens is 365 g/mol. The third-order valence-electron chi connectivity index (χ3n) is 3.92. The van der Waals surface area contributed by atoms with Crippen LogP contribution in [0.3, 0.4) is 0 Å². The lowest BCUT2D eigenvalue weighted by molar-refractivity contribution is -0.115. The molecule has 0 atom stereocenters. The van der Waals surface area contributed by atoms with E-state index in [0.717, 1.165) is 16.2 Å². The van der Waals surface area contributed by atoms with E-state index in [0.29, 0.717) is 18.0 Å². The maximum absolute atomic E-state index is 12.9. The number of hydrogen-bond donors (Lipinski definition) is 1. The Hall–Kier alpha value is -3.19. The van der Waals surface area contributed by atoms with Gasteiger partial charge >= 0.3 is 0 Å². The number of ether oxygens (including phenoxy) is 1. The quantitative estimate of drug-likeness (QED) is 0.542. The standard InChI is InChI=1S/C20H16FN3O2S/c21-15-6-4-14(5-7-15)13-26-18-3-1-2-16(10-18)22-19(25)11-17-12-24-8-9-27-20(24)23-17/h1-10,12H,11,13H2,(H,22,25). The zero-order valence-corrected chi connectivity index (χ0v) is 15.1. The van der Waals surface area contributed by atoms with Gasteiger partial charge < -0.3 is 10.1 Å². The summed E-state index contributed by atoms with van der Waals surface area (Å²) < 4.78 is 20.6. The number of benzene rings is 2. The first-order valence-electron chi connectivity index (χ1n) is 8.34. The van der Waals surface area contributed by atoms with Gasteiger partial charge in [-0.1, -0.05) is 18.2 Å². The molecule has 0 saturated carbocycles. The molecule has 27 heavy (non-hydrogen) atoms. The van der Waals surface area contributed by atoms with E-state index in [2.05, 4.69) is 10.3 Å². The van der Waals surface area contributed by atoms with Gasteiger partial charge in [0.2, 0.25) is 5.91 Å². The highest BCUT2D eigenvalue weighted by Crippen LogP contribution is 2.19. The molecule has 0 unspecified atom stereocenters. The Balaban J connectivity index is 1.35. The van der Waals surface area contributed by atoms with Gasteiger partial charge in [0.15, 0.2) is 4.96 Å². The zero-order valence-electron chi connectivity index (χ0n) is 14.3. The van der Waals surface area contributed by atoms with E-state index >= 15 is 0 Å². The monoisotopic (exact) mass is 381 g/mol. The maximum Gasteiger partial charge on any atom is 0.230 e. The predicted octanol–water partition coefficient (Wildman–Crippen LogP) is 4.30. The van der Waals surface area contributed by atoms with Crippen LogP contribution in [-0.2, 0) is 17.8 Å². The number of hydrogen-bond acceptors (Lipinski definition) is 4. The van der Waals surface area contributed by atoms with Crippen LogP contribution in [-0.4, -0.2) is 15.3 Å². The Morgan fingerprint density at radius 1 is 1.22 bits per heavy atom. The normalized spacial score (nSPS) is 10.9. The van der Waals surface area contributed by atoms with Crippen molar-refractivity contribution >= 4 is 27.9 Å². The number of imidazole rings is 1. The Labute approximate surface area is 159 Å². The van der Waals surface area contributed by atoms with Gasteiger partial charge in [-0.25, -0.2) is 9.37 Å². The lowest BCUT2D eigenvalue weighted by Gasteiger charge is -2.09. The average molecular weight is 381 g/mol. The number of rotatable bonds is 6. The van der Waals surface area contributed by atoms with Gasteiger partial charge in [-0.05, 0) is 29.8 Å². The second-order valence-electron chi connectivity index (χ2n) is 5.99. The third kappa shape index (κ3) is 4.32. The van der Waals surface area contributed by atoms with Gasteiger partial charge in [0.1, 0.15) is 18.2 Å². The smallest absolute Gasteiger partial charge is 0.230 e. The Bertz CT molecular complexity index is 1040. The number of carbonyl (C=O) groups is 1. The van der Waals surface area contributed by atoms with Crippen molar-refractivity contribution in [2.45, 2.75) is 13.0 Å². The fraction of sp³-hybridized carbons (Fsp3) is 0.100. The van der Waals surface area contributed by atoms with Crippen molar-refractivity contribution in [3.63, 3.8) is 0 Å². The SMILES string of the molecule is O=C(Cc1cn2ccsc2n1)Nc1cccc(OCc2ccc(F)cc2)c1. The molecule has 1 amide bonds. The highest BCUT2D eigenvalue weighted by molar-refractivity contribution is 7.15. The summed E-state index contributed by atoms with van der Waals surface area (Å²) in [4.78, 5) is 17.5. The second-order valence-corrected chi connectivity index (χ2v) is 6.87. The predicted molar refractivity (Wildman–Crippen MR) is 103 cm³/mol. The molecule has 0 aliphatic carbocycles. The Kier molecular flexibility index (Phi) is 4.84. The molecule has 5 nitrogen and oxygen atoms in total. The summed E-state index contributed by atoms with van der Waals surface area (Å²) in [5.74, 6) is 0.206. The number of nitrogens with zero attached hydrogens (tertiary/aromatic N) is 2. The molecule has 1 N–H and O–H groups in total. The number of thiazole rings is 1. The number of anilines is 1. The third-order valence-corrected chi connectivity index (χ3v) is 4.69. The van der Waals surface area contributed by atoms with Crippen LogP contribution >= 0.6 is 11.3 Å². The molecule has 7 heteroatoms. The van der Waals surface area contributed by atoms with Gasteiger partial charge in [0, 0.05) is 29.5 Å². The summed E-state index contributed by atoms with van der Waals surface area (Å²) in [6.45, 7) is 0.322. The molecular formula is C20H16FN3O2S. The Morgan fingerprint density at radius 3 is 2.89 bits per heavy atom. The van der Waals surface area contributed by atoms with Crippen molar-refractivity contribution in [3.8, 4) is 5.75 Å². The van der Waals surface area contributed by atoms with E-state index in [1.807, 2.05) is 34.3 Å². The van der Waals surface area contributed by atoms with Gasteiger partial charge in [-0.2, -0.15) is 0 Å². The molecule has 0 fully saturated rings. The summed E-state index contributed by atoms with van der Waals surface area (Å²) in [6, 6.07) is 13.3. The van der Waals surface area contributed by atoms with E-state index in [1.54, 1.807) is 24.3 Å². The van der Waals surface area contributed by atoms with Gasteiger partial charge in [-0.15, -0.1) is 11.3 Å². The molecule has 2 aromatic carbocycles. The van der Waals surface area contributed by atoms with Crippen LogP contribution in [0, 0.1) is 5.82 Å². The van der Waals surface area contributed by atoms with Crippen molar-refractivity contribution < 1.29 is 13.9 Å². The number of carbonyl (C=O) groups excluding carboxylic acids is 1. The van der Waals surface area contributed by atoms with E-state index in [1.165, 1.54) is 23.5 Å². The molecule has 4 rings (SSSR count). The highest BCUT2D eigenvalue weighted by atomic mass is 32.1. The topological polar surface area (TPSA) is 55.6 Å². The Morgan fingerprint density at radius 2 is 2.07 bits per heavy atom. The lowest BCUT2D eigenvalue weighted by Crippen LogP contribution is -2.14. The van der Waals surface area contributed by atoms with Crippen LogP contribution in [0.5, 0.6) is 5.75 Å². The highest BCUT2D eigenvalue weighted by Gasteiger charge is 2.09. The summed E-state index contributed by atoms with van der Waals surface area (Å²) >= 11 is 1.53. The molecule has 0 radical (unpaired) electrons. The van der Waals surface area contributed by atoms with Crippen molar-refractivity contribution in [2.24, 2.45) is 0 Å². The van der Waals surface area contributed by atoms with E-state index < -0.39 is 0 Å². The first-order valence-corrected chi connectivity index (χ1v) is 9.22. The molecule has 136 valence electrons. The molecule has 0 saturated heterocycles. The number of aromatic nitrogens is 2. The van der Waals surface area contributed by atoms with Crippen molar-refractivity contribution in [1.29, 1.82) is 0 Å². The molecule has 0 spiro atoms. The van der Waals surface area contributed by atoms with Crippen molar-refractivity contribution in [3.05, 3.63) is 83.4 Å². The van der Waals surface area contributed by atoms with Gasteiger partial charge in [0.25, 0.3) is 0 Å². The van der Waals surface area contributed by atoms with Crippen LogP contribution in [0.4, 0.5) is 10.1 Å². The van der Waals surface area contributed by atoms with Crippen LogP contribution in [0.15, 0.2) is 66.3 Å². The molecule has 0 aliphatic rings. The van der Waals surface area contributed by atoms with E-state index in [4.69, 9.17) is 4.74 Å². The summed E-state index contributed by atoms with van der Waals surface area (Å²) in [6.07, 6.45) is 3.97. The fourth-order valence-corrected chi connectivity index (χ4v) is 3.36. The van der Waals surface area contributed by atoms with Crippen LogP contribution in [0.1, 0.15) is 11.3 Å². The van der Waals surface area contributed by atoms with Gasteiger partial charge in [-0.3, -0.25) is 9.20 Å². The van der Waals surface area contributed by atoms with Crippen LogP contribution in [0.25, 0.3) is 4.96 Å². The number of amides is 1. The second kappa shape index (κ2) is 7.59. The summed E-state index contributed by atoms with van der Waals surface area (Å²) in [5.41, 5.74) is 2.24.